The van der Waals surface area contributed by atoms with Crippen molar-refractivity contribution in [2.75, 3.05) is 4.90 Å². The zero-order chi connectivity index (χ0) is 11.9. The summed E-state index contributed by atoms with van der Waals surface area (Å²) >= 11 is 0. The number of para-hydroxylation sites is 1. The Balaban J connectivity index is 1.90. The van der Waals surface area contributed by atoms with E-state index < -0.39 is 0 Å². The standard InChI is InChI=1S/C16H12N2/c1-3-7-14-13(6-1)11-17-16(14)18-10-9-12-5-2-4-8-15(12)18/h1-8,11,17H,9H2. The first-order valence-electron chi connectivity index (χ1n) is 6.11. The fourth-order valence-electron chi connectivity index (χ4n) is 2.57. The summed E-state index contributed by atoms with van der Waals surface area (Å²) in [4.78, 5) is 5.50. The minimum atomic E-state index is 0.878. The van der Waals surface area contributed by atoms with E-state index in [2.05, 4.69) is 65.0 Å². The number of nitrogens with zero attached hydrogens (tertiary/aromatic N) is 1. The summed E-state index contributed by atoms with van der Waals surface area (Å²) in [6, 6.07) is 16.9. The van der Waals surface area contributed by atoms with Gasteiger partial charge in [0.15, 0.2) is 0 Å². The number of aromatic nitrogens is 1. The summed E-state index contributed by atoms with van der Waals surface area (Å²) in [5, 5.41) is 2.47. The number of hydrogen-bond donors (Lipinski definition) is 1. The SMILES string of the molecule is [C]1Cc2ccccc2N1c1[nH]cc2ccccc12. The van der Waals surface area contributed by atoms with Crippen molar-refractivity contribution in [2.45, 2.75) is 6.42 Å². The van der Waals surface area contributed by atoms with E-state index in [4.69, 9.17) is 0 Å². The van der Waals surface area contributed by atoms with Crippen LogP contribution >= 0.6 is 0 Å². The maximum Gasteiger partial charge on any atom is 0.119 e. The van der Waals surface area contributed by atoms with Gasteiger partial charge in [0.05, 0.1) is 0 Å². The van der Waals surface area contributed by atoms with Gasteiger partial charge in [-0.15, -0.1) is 0 Å². The second-order valence-corrected chi connectivity index (χ2v) is 4.52. The molecule has 86 valence electrons. The lowest BCUT2D eigenvalue weighted by Gasteiger charge is -2.17. The number of nitrogens with one attached hydrogen (secondary N) is 1. The summed E-state index contributed by atoms with van der Waals surface area (Å²) in [7, 11) is 0. The van der Waals surface area contributed by atoms with Gasteiger partial charge in [-0.3, -0.25) is 0 Å². The van der Waals surface area contributed by atoms with Crippen molar-refractivity contribution in [3.63, 3.8) is 0 Å². The van der Waals surface area contributed by atoms with E-state index in [-0.39, 0.29) is 0 Å². The van der Waals surface area contributed by atoms with Gasteiger partial charge in [0, 0.05) is 29.1 Å². The van der Waals surface area contributed by atoms with E-state index in [0.717, 1.165) is 12.2 Å². The Morgan fingerprint density at radius 1 is 1.00 bits per heavy atom. The molecule has 2 nitrogen and oxygen atoms in total. The molecular formula is C16H12N2. The first-order valence-corrected chi connectivity index (χ1v) is 6.11. The monoisotopic (exact) mass is 232 g/mol. The molecule has 0 atom stereocenters. The molecule has 4 rings (SSSR count). The average Bonchev–Trinajstić information content (AvgIpc) is 3.01. The van der Waals surface area contributed by atoms with Crippen molar-refractivity contribution < 1.29 is 0 Å². The minimum Gasteiger partial charge on any atom is -0.347 e. The maximum atomic E-state index is 3.42. The van der Waals surface area contributed by atoms with Crippen LogP contribution in [0.5, 0.6) is 0 Å². The summed E-state index contributed by atoms with van der Waals surface area (Å²) in [6.07, 6.45) is 2.93. The van der Waals surface area contributed by atoms with Gasteiger partial charge < -0.3 is 9.88 Å². The third-order valence-electron chi connectivity index (χ3n) is 3.46. The fourth-order valence-corrected chi connectivity index (χ4v) is 2.57. The van der Waals surface area contributed by atoms with Crippen LogP contribution in [0.4, 0.5) is 11.5 Å². The molecule has 0 aliphatic carbocycles. The zero-order valence-electron chi connectivity index (χ0n) is 9.85. The number of anilines is 2. The highest BCUT2D eigenvalue weighted by Gasteiger charge is 2.23. The summed E-state index contributed by atoms with van der Waals surface area (Å²) in [5.74, 6) is 1.11. The van der Waals surface area contributed by atoms with Gasteiger partial charge in [-0.05, 0) is 11.6 Å². The number of aromatic amines is 1. The Labute approximate surface area is 106 Å². The predicted molar refractivity (Wildman–Crippen MR) is 73.8 cm³/mol. The van der Waals surface area contributed by atoms with Gasteiger partial charge in [0.2, 0.25) is 0 Å². The Morgan fingerprint density at radius 2 is 1.83 bits per heavy atom. The van der Waals surface area contributed by atoms with Gasteiger partial charge in [0.25, 0.3) is 0 Å². The molecule has 2 heteroatoms. The van der Waals surface area contributed by atoms with Crippen LogP contribution in [0.2, 0.25) is 0 Å². The van der Waals surface area contributed by atoms with Gasteiger partial charge in [-0.1, -0.05) is 42.5 Å². The smallest absolute Gasteiger partial charge is 0.119 e. The van der Waals surface area contributed by atoms with Gasteiger partial charge in [-0.2, -0.15) is 0 Å². The van der Waals surface area contributed by atoms with Gasteiger partial charge in [0.1, 0.15) is 12.4 Å². The molecule has 2 radical (unpaired) electrons. The molecule has 1 aliphatic heterocycles. The van der Waals surface area contributed by atoms with E-state index in [0.29, 0.717) is 0 Å². The molecule has 3 aromatic rings. The molecule has 0 saturated heterocycles. The number of hydrogen-bond acceptors (Lipinski definition) is 1. The highest BCUT2D eigenvalue weighted by Crippen LogP contribution is 2.38. The molecule has 0 spiro atoms. The minimum absolute atomic E-state index is 0.878. The fraction of sp³-hybridized carbons (Fsp3) is 0.0625. The summed E-state index contributed by atoms with van der Waals surface area (Å²) < 4.78 is 0. The molecule has 2 heterocycles. The molecule has 1 aliphatic rings. The molecule has 0 amide bonds. The first kappa shape index (κ1) is 9.77. The molecule has 1 aromatic heterocycles. The number of H-pyrrole nitrogens is 1. The molecule has 0 bridgehead atoms. The topological polar surface area (TPSA) is 19.0 Å². The normalized spacial score (nSPS) is 14.1. The van der Waals surface area contributed by atoms with Crippen LogP contribution < -0.4 is 4.90 Å². The third-order valence-corrected chi connectivity index (χ3v) is 3.46. The van der Waals surface area contributed by atoms with E-state index >= 15 is 0 Å². The van der Waals surface area contributed by atoms with Crippen molar-refractivity contribution in [2.24, 2.45) is 0 Å². The Bertz CT molecular complexity index is 712. The van der Waals surface area contributed by atoms with Crippen molar-refractivity contribution in [1.29, 1.82) is 0 Å². The van der Waals surface area contributed by atoms with Crippen molar-refractivity contribution in [3.05, 3.63) is 66.8 Å². The molecule has 0 fully saturated rings. The zero-order valence-corrected chi connectivity index (χ0v) is 9.85. The number of rotatable bonds is 1. The second-order valence-electron chi connectivity index (χ2n) is 4.52. The van der Waals surface area contributed by atoms with Crippen molar-refractivity contribution in [1.82, 2.24) is 4.98 Å². The maximum absolute atomic E-state index is 3.42. The van der Waals surface area contributed by atoms with Crippen LogP contribution in [0.25, 0.3) is 10.8 Å². The van der Waals surface area contributed by atoms with Crippen LogP contribution in [0.15, 0.2) is 54.7 Å². The van der Waals surface area contributed by atoms with E-state index in [1.807, 2.05) is 6.20 Å². The lowest BCUT2D eigenvalue weighted by Crippen LogP contribution is -2.08. The van der Waals surface area contributed by atoms with E-state index in [1.54, 1.807) is 0 Å². The van der Waals surface area contributed by atoms with Gasteiger partial charge >= 0.3 is 0 Å². The van der Waals surface area contributed by atoms with Crippen molar-refractivity contribution in [3.8, 4) is 0 Å². The quantitative estimate of drug-likeness (QED) is 0.674. The third kappa shape index (κ3) is 1.29. The van der Waals surface area contributed by atoms with Crippen LogP contribution in [-0.2, 0) is 6.42 Å². The Hall–Kier alpha value is -2.22. The Morgan fingerprint density at radius 3 is 2.83 bits per heavy atom. The predicted octanol–water partition coefficient (Wildman–Crippen LogP) is 3.90. The largest absolute Gasteiger partial charge is 0.347 e. The van der Waals surface area contributed by atoms with Crippen LogP contribution in [0.1, 0.15) is 5.56 Å². The lowest BCUT2D eigenvalue weighted by atomic mass is 10.2. The highest BCUT2D eigenvalue weighted by atomic mass is 15.2. The summed E-state index contributed by atoms with van der Waals surface area (Å²) in [5.41, 5.74) is 2.56. The molecular weight excluding hydrogens is 220 g/mol. The number of fused-ring (bicyclic) bond motifs is 2. The number of benzene rings is 2. The second kappa shape index (κ2) is 3.64. The molecule has 18 heavy (non-hydrogen) atoms. The van der Waals surface area contributed by atoms with Crippen molar-refractivity contribution >= 4 is 22.3 Å². The molecule has 2 aromatic carbocycles. The molecule has 0 saturated carbocycles. The molecule has 1 N–H and O–H groups in total. The van der Waals surface area contributed by atoms with Gasteiger partial charge in [-0.25, -0.2) is 0 Å². The van der Waals surface area contributed by atoms with E-state index in [1.165, 1.54) is 22.0 Å². The highest BCUT2D eigenvalue weighted by molar-refractivity contribution is 5.96. The lowest BCUT2D eigenvalue weighted by molar-refractivity contribution is 1.12. The summed E-state index contributed by atoms with van der Waals surface area (Å²) in [6.45, 7) is 3.42. The molecule has 0 unspecified atom stereocenters. The van der Waals surface area contributed by atoms with E-state index in [9.17, 15) is 0 Å². The van der Waals surface area contributed by atoms with Crippen LogP contribution in [0.3, 0.4) is 0 Å². The average molecular weight is 232 g/mol. The Kier molecular flexibility index (Phi) is 1.97. The van der Waals surface area contributed by atoms with Crippen LogP contribution in [0, 0.1) is 6.54 Å². The first-order chi connectivity index (χ1) is 8.93. The van der Waals surface area contributed by atoms with Crippen LogP contribution in [-0.4, -0.2) is 4.98 Å².